The van der Waals surface area contributed by atoms with Gasteiger partial charge in [0.1, 0.15) is 0 Å². The second kappa shape index (κ2) is 9.07. The lowest BCUT2D eigenvalue weighted by Gasteiger charge is -2.19. The highest BCUT2D eigenvalue weighted by atomic mass is 14.2. The Balaban J connectivity index is 0. The van der Waals surface area contributed by atoms with E-state index in [1.807, 2.05) is 0 Å². The molecule has 0 spiro atoms. The first-order valence-corrected chi connectivity index (χ1v) is 7.10. The summed E-state index contributed by atoms with van der Waals surface area (Å²) in [6, 6.07) is 0. The van der Waals surface area contributed by atoms with E-state index in [-0.39, 0.29) is 0 Å². The summed E-state index contributed by atoms with van der Waals surface area (Å²) in [6.45, 7) is 20.6. The summed E-state index contributed by atoms with van der Waals surface area (Å²) >= 11 is 0. The number of rotatable bonds is 4. The highest BCUT2D eigenvalue weighted by Crippen LogP contribution is 2.23. The Morgan fingerprint density at radius 1 is 0.875 bits per heavy atom. The summed E-state index contributed by atoms with van der Waals surface area (Å²) < 4.78 is 0. The lowest BCUT2D eigenvalue weighted by atomic mass is 9.86. The van der Waals surface area contributed by atoms with Crippen molar-refractivity contribution in [2.24, 2.45) is 23.2 Å². The molecule has 0 aromatic heterocycles. The lowest BCUT2D eigenvalue weighted by Crippen LogP contribution is -2.08. The Kier molecular flexibility index (Phi) is 10.4. The second-order valence-corrected chi connectivity index (χ2v) is 7.17. The zero-order valence-electron chi connectivity index (χ0n) is 13.4. The first-order valence-electron chi connectivity index (χ1n) is 7.10. The minimum Gasteiger partial charge on any atom is -0.0654 e. The van der Waals surface area contributed by atoms with Gasteiger partial charge < -0.3 is 0 Å². The van der Waals surface area contributed by atoms with Gasteiger partial charge in [-0.25, -0.2) is 0 Å². The molecule has 1 unspecified atom stereocenters. The Morgan fingerprint density at radius 3 is 1.38 bits per heavy atom. The summed E-state index contributed by atoms with van der Waals surface area (Å²) in [5.41, 5.74) is 0.522. The van der Waals surface area contributed by atoms with Crippen LogP contribution in [0.25, 0.3) is 0 Å². The molecule has 1 atom stereocenters. The van der Waals surface area contributed by atoms with E-state index in [9.17, 15) is 0 Å². The van der Waals surface area contributed by atoms with E-state index in [0.717, 1.165) is 17.8 Å². The van der Waals surface area contributed by atoms with Crippen LogP contribution in [-0.4, -0.2) is 0 Å². The van der Waals surface area contributed by atoms with Gasteiger partial charge in [0.25, 0.3) is 0 Å². The largest absolute Gasteiger partial charge is 0.0654 e. The molecule has 0 aromatic carbocycles. The van der Waals surface area contributed by atoms with Crippen LogP contribution < -0.4 is 0 Å². The molecule has 0 aromatic rings. The molecule has 0 aliphatic heterocycles. The molecule has 0 aliphatic carbocycles. The van der Waals surface area contributed by atoms with Gasteiger partial charge in [0, 0.05) is 0 Å². The van der Waals surface area contributed by atoms with Gasteiger partial charge in [0.2, 0.25) is 0 Å². The van der Waals surface area contributed by atoms with Crippen LogP contribution in [0.1, 0.15) is 81.6 Å². The maximum Gasteiger partial charge on any atom is -0.0380 e. The quantitative estimate of drug-likeness (QED) is 0.541. The molecule has 16 heavy (non-hydrogen) atoms. The summed E-state index contributed by atoms with van der Waals surface area (Å²) in [7, 11) is 0. The van der Waals surface area contributed by atoms with Crippen LogP contribution in [0.4, 0.5) is 0 Å². The number of hydrogen-bond acceptors (Lipinski definition) is 0. The van der Waals surface area contributed by atoms with Crippen LogP contribution in [0, 0.1) is 23.2 Å². The normalized spacial score (nSPS) is 13.7. The summed E-state index contributed by atoms with van der Waals surface area (Å²) in [4.78, 5) is 0. The van der Waals surface area contributed by atoms with Crippen molar-refractivity contribution in [2.75, 3.05) is 0 Å². The van der Waals surface area contributed by atoms with Gasteiger partial charge in [-0.1, -0.05) is 75.2 Å². The van der Waals surface area contributed by atoms with Crippen molar-refractivity contribution in [1.82, 2.24) is 0 Å². The summed E-state index contributed by atoms with van der Waals surface area (Å²) in [6.07, 6.45) is 4.05. The molecule has 0 fully saturated rings. The topological polar surface area (TPSA) is 0 Å². The van der Waals surface area contributed by atoms with E-state index in [4.69, 9.17) is 0 Å². The maximum atomic E-state index is 2.33. The molecule has 0 amide bonds. The van der Waals surface area contributed by atoms with Crippen molar-refractivity contribution >= 4 is 0 Å². The van der Waals surface area contributed by atoms with E-state index >= 15 is 0 Å². The molecular formula is C16H36. The van der Waals surface area contributed by atoms with E-state index < -0.39 is 0 Å². The Bertz CT molecular complexity index is 137. The number of hydrogen-bond donors (Lipinski definition) is 0. The van der Waals surface area contributed by atoms with E-state index in [0.29, 0.717) is 5.41 Å². The fourth-order valence-electron chi connectivity index (χ4n) is 2.01. The van der Waals surface area contributed by atoms with Crippen molar-refractivity contribution in [3.05, 3.63) is 0 Å². The van der Waals surface area contributed by atoms with Crippen LogP contribution >= 0.6 is 0 Å². The van der Waals surface area contributed by atoms with Gasteiger partial charge in [-0.15, -0.1) is 0 Å². The van der Waals surface area contributed by atoms with Crippen LogP contribution in [0.5, 0.6) is 0 Å². The Labute approximate surface area is 105 Å². The van der Waals surface area contributed by atoms with E-state index in [1.54, 1.807) is 0 Å². The highest BCUT2D eigenvalue weighted by molar-refractivity contribution is 4.62. The lowest BCUT2D eigenvalue weighted by molar-refractivity contribution is 0.320. The van der Waals surface area contributed by atoms with Crippen molar-refractivity contribution in [2.45, 2.75) is 81.6 Å². The highest BCUT2D eigenvalue weighted by Gasteiger charge is 2.11. The zero-order chi connectivity index (χ0) is 13.4. The summed E-state index contributed by atoms with van der Waals surface area (Å²) in [5.74, 6) is 2.63. The molecule has 0 bridgehead atoms. The average molecular weight is 228 g/mol. The molecule has 0 heterocycles. The predicted octanol–water partition coefficient (Wildman–Crippen LogP) is 6.16. The average Bonchev–Trinajstić information content (AvgIpc) is 2.00. The molecule has 0 saturated carbocycles. The minimum absolute atomic E-state index is 0.522. The van der Waals surface area contributed by atoms with Crippen molar-refractivity contribution < 1.29 is 0 Å². The molecule has 100 valence electrons. The molecule has 0 N–H and O–H groups in total. The van der Waals surface area contributed by atoms with Crippen molar-refractivity contribution in [1.29, 1.82) is 0 Å². The van der Waals surface area contributed by atoms with Crippen LogP contribution in [0.15, 0.2) is 0 Å². The van der Waals surface area contributed by atoms with Gasteiger partial charge in [-0.2, -0.15) is 0 Å². The molecule has 0 saturated heterocycles. The van der Waals surface area contributed by atoms with Crippen molar-refractivity contribution in [3.8, 4) is 0 Å². The molecule has 0 nitrogen and oxygen atoms in total. The SMILES string of the molecule is CC(C)CC(C)(C)C.CCCC(C)C(C)C. The molecular weight excluding hydrogens is 192 g/mol. The van der Waals surface area contributed by atoms with E-state index in [2.05, 4.69) is 62.3 Å². The van der Waals surface area contributed by atoms with Gasteiger partial charge in [-0.05, 0) is 29.6 Å². The fourth-order valence-corrected chi connectivity index (χ4v) is 2.01. The van der Waals surface area contributed by atoms with Crippen LogP contribution in [-0.2, 0) is 0 Å². The Hall–Kier alpha value is 0. The van der Waals surface area contributed by atoms with Gasteiger partial charge in [-0.3, -0.25) is 0 Å². The molecule has 0 heteroatoms. The third-order valence-corrected chi connectivity index (χ3v) is 2.90. The summed E-state index contributed by atoms with van der Waals surface area (Å²) in [5, 5.41) is 0. The predicted molar refractivity (Wildman–Crippen MR) is 77.8 cm³/mol. The second-order valence-electron chi connectivity index (χ2n) is 7.17. The third kappa shape index (κ3) is 16.4. The standard InChI is InChI=1S/2C8H18/c1-7(2)6-8(3,4)5;1-5-6-8(4)7(2)3/h7H,6H2,1-5H3;7-8H,5-6H2,1-4H3. The molecule has 0 rings (SSSR count). The third-order valence-electron chi connectivity index (χ3n) is 2.90. The minimum atomic E-state index is 0.522. The van der Waals surface area contributed by atoms with E-state index in [1.165, 1.54) is 19.3 Å². The van der Waals surface area contributed by atoms with Crippen molar-refractivity contribution in [3.63, 3.8) is 0 Å². The first kappa shape index (κ1) is 18.4. The first-order chi connectivity index (χ1) is 7.10. The smallest absolute Gasteiger partial charge is 0.0380 e. The fraction of sp³-hybridized carbons (Fsp3) is 1.00. The van der Waals surface area contributed by atoms with Crippen LogP contribution in [0.2, 0.25) is 0 Å². The molecule has 0 aliphatic rings. The van der Waals surface area contributed by atoms with Gasteiger partial charge in [0.15, 0.2) is 0 Å². The van der Waals surface area contributed by atoms with Gasteiger partial charge in [0.05, 0.1) is 0 Å². The maximum absolute atomic E-state index is 2.33. The monoisotopic (exact) mass is 228 g/mol. The Morgan fingerprint density at radius 2 is 1.31 bits per heavy atom. The van der Waals surface area contributed by atoms with Crippen LogP contribution in [0.3, 0.4) is 0 Å². The molecule has 0 radical (unpaired) electrons. The zero-order valence-corrected chi connectivity index (χ0v) is 13.4. The van der Waals surface area contributed by atoms with Gasteiger partial charge >= 0.3 is 0 Å².